The topological polar surface area (TPSA) is 60.8 Å². The number of hydrogen-bond donors (Lipinski definition) is 1. The fourth-order valence-corrected chi connectivity index (χ4v) is 4.17. The first-order valence-electron chi connectivity index (χ1n) is 10.1. The second kappa shape index (κ2) is 8.03. The van der Waals surface area contributed by atoms with Gasteiger partial charge in [0.1, 0.15) is 16.9 Å². The molecule has 0 spiro atoms. The standard InChI is InChI=1S/C21H18ClF6N5O/c1-3-12-7-13(8-15(30-12)20(23,24)25)31-18(34)33-10-19(2,21(26,27)28)17-14(33)9-29-16-6-11(22)4-5-32(16)17/h4,6-9H,3,5,10H2,1-2H3,(H,30,31,34)/t19-/m1/s1. The summed E-state index contributed by atoms with van der Waals surface area (Å²) in [6, 6.07) is 0.860. The number of nitrogens with one attached hydrogen (secondary N) is 1. The van der Waals surface area contributed by atoms with Crippen molar-refractivity contribution in [2.24, 2.45) is 10.4 Å². The fourth-order valence-electron chi connectivity index (χ4n) is 4.01. The molecule has 4 heterocycles. The van der Waals surface area contributed by atoms with E-state index < -0.39 is 36.0 Å². The molecule has 13 heteroatoms. The summed E-state index contributed by atoms with van der Waals surface area (Å²) < 4.78 is 82.3. The number of alkyl halides is 6. The monoisotopic (exact) mass is 505 g/mol. The maximum Gasteiger partial charge on any atom is 0.433 e. The van der Waals surface area contributed by atoms with Gasteiger partial charge < -0.3 is 10.2 Å². The third-order valence-corrected chi connectivity index (χ3v) is 6.05. The van der Waals surface area contributed by atoms with Crippen molar-refractivity contribution in [3.05, 3.63) is 57.9 Å². The Morgan fingerprint density at radius 1 is 1.24 bits per heavy atom. The Hall–Kier alpha value is -3.02. The van der Waals surface area contributed by atoms with Crippen molar-refractivity contribution in [1.29, 1.82) is 0 Å². The van der Waals surface area contributed by atoms with Crippen LogP contribution in [-0.4, -0.2) is 46.3 Å². The first-order valence-corrected chi connectivity index (χ1v) is 10.5. The molecule has 4 rings (SSSR count). The van der Waals surface area contributed by atoms with E-state index in [1.807, 2.05) is 0 Å². The van der Waals surface area contributed by atoms with Gasteiger partial charge in [-0.2, -0.15) is 26.3 Å². The molecule has 3 aliphatic heterocycles. The van der Waals surface area contributed by atoms with Crippen LogP contribution < -0.4 is 5.32 Å². The van der Waals surface area contributed by atoms with Crippen molar-refractivity contribution in [2.45, 2.75) is 32.6 Å². The van der Waals surface area contributed by atoms with Crippen LogP contribution in [0.4, 0.5) is 36.8 Å². The second-order valence-electron chi connectivity index (χ2n) is 8.12. The van der Waals surface area contributed by atoms with Crippen molar-refractivity contribution in [1.82, 2.24) is 14.8 Å². The molecule has 182 valence electrons. The average molecular weight is 506 g/mol. The van der Waals surface area contributed by atoms with E-state index in [-0.39, 0.29) is 41.6 Å². The predicted octanol–water partition coefficient (Wildman–Crippen LogP) is 5.65. The summed E-state index contributed by atoms with van der Waals surface area (Å²) in [7, 11) is 0. The molecule has 0 unspecified atom stereocenters. The maximum absolute atomic E-state index is 14.2. The Kier molecular flexibility index (Phi) is 5.70. The van der Waals surface area contributed by atoms with E-state index in [2.05, 4.69) is 15.3 Å². The number of hydrogen-bond acceptors (Lipinski definition) is 4. The number of halogens is 7. The number of rotatable bonds is 2. The van der Waals surface area contributed by atoms with Crippen LogP contribution in [0.5, 0.6) is 0 Å². The minimum absolute atomic E-state index is 0.0150. The molecule has 6 nitrogen and oxygen atoms in total. The molecule has 1 N–H and O–H groups in total. The number of anilines is 1. The van der Waals surface area contributed by atoms with Crippen LogP contribution in [0.3, 0.4) is 0 Å². The van der Waals surface area contributed by atoms with Crippen molar-refractivity contribution < 1.29 is 31.1 Å². The minimum atomic E-state index is -4.76. The van der Waals surface area contributed by atoms with Crippen LogP contribution in [0.2, 0.25) is 0 Å². The van der Waals surface area contributed by atoms with Gasteiger partial charge in [-0.1, -0.05) is 18.5 Å². The number of aliphatic imine (C=N–C) groups is 1. The molecule has 0 aromatic carbocycles. The van der Waals surface area contributed by atoms with E-state index in [1.54, 1.807) is 6.92 Å². The van der Waals surface area contributed by atoms with Crippen LogP contribution in [-0.2, 0) is 12.6 Å². The molecule has 0 saturated heterocycles. The molecule has 0 fully saturated rings. The van der Waals surface area contributed by atoms with Gasteiger partial charge in [-0.15, -0.1) is 0 Å². The zero-order valence-electron chi connectivity index (χ0n) is 17.9. The van der Waals surface area contributed by atoms with Crippen LogP contribution in [0, 0.1) is 5.41 Å². The van der Waals surface area contributed by atoms with E-state index in [0.29, 0.717) is 11.1 Å². The van der Waals surface area contributed by atoms with E-state index in [4.69, 9.17) is 11.6 Å². The highest BCUT2D eigenvalue weighted by Crippen LogP contribution is 2.53. The summed E-state index contributed by atoms with van der Waals surface area (Å²) in [5, 5.41) is 2.61. The van der Waals surface area contributed by atoms with Gasteiger partial charge >= 0.3 is 18.4 Å². The highest BCUT2D eigenvalue weighted by Gasteiger charge is 2.62. The number of allylic oxidation sites excluding steroid dienone is 3. The molecule has 0 bridgehead atoms. The number of amides is 2. The summed E-state index contributed by atoms with van der Waals surface area (Å²) >= 11 is 5.97. The normalized spacial score (nSPS) is 22.4. The summed E-state index contributed by atoms with van der Waals surface area (Å²) in [5.74, 6) is 0.195. The molecule has 3 aliphatic rings. The van der Waals surface area contributed by atoms with Crippen molar-refractivity contribution >= 4 is 29.5 Å². The quantitative estimate of drug-likeness (QED) is 0.528. The maximum atomic E-state index is 14.2. The van der Waals surface area contributed by atoms with E-state index in [0.717, 1.165) is 18.0 Å². The van der Waals surface area contributed by atoms with Crippen LogP contribution in [0.1, 0.15) is 25.2 Å². The Morgan fingerprint density at radius 3 is 2.56 bits per heavy atom. The molecule has 1 aromatic rings. The molecule has 0 saturated carbocycles. The lowest BCUT2D eigenvalue weighted by molar-refractivity contribution is -0.206. The minimum Gasteiger partial charge on any atom is -0.323 e. The number of aromatic nitrogens is 1. The zero-order chi connectivity index (χ0) is 25.1. The number of nitrogens with zero attached hydrogens (tertiary/aromatic N) is 4. The SMILES string of the molecule is CCc1cc(NC(=O)N2C[C@@](C)(C(F)(F)F)C3=C2C=NC2=CC(Cl)=CCN23)cc(C(F)(F)F)n1. The zero-order valence-corrected chi connectivity index (χ0v) is 18.6. The number of carbonyl (C=O) groups is 1. The summed E-state index contributed by atoms with van der Waals surface area (Å²) in [4.78, 5) is 22.8. The largest absolute Gasteiger partial charge is 0.433 e. The van der Waals surface area contributed by atoms with E-state index >= 15 is 0 Å². The molecule has 0 radical (unpaired) electrons. The third kappa shape index (κ3) is 4.04. The van der Waals surface area contributed by atoms with Crippen molar-refractivity contribution in [3.8, 4) is 0 Å². The molecule has 0 aliphatic carbocycles. The Morgan fingerprint density at radius 2 is 1.94 bits per heavy atom. The van der Waals surface area contributed by atoms with Gasteiger partial charge in [0.05, 0.1) is 17.6 Å². The smallest absolute Gasteiger partial charge is 0.323 e. The highest BCUT2D eigenvalue weighted by atomic mass is 35.5. The van der Waals surface area contributed by atoms with Crippen molar-refractivity contribution in [2.75, 3.05) is 18.4 Å². The summed E-state index contributed by atoms with van der Waals surface area (Å²) in [6.45, 7) is 1.79. The number of carbonyl (C=O) groups excluding carboxylic acids is 1. The highest BCUT2D eigenvalue weighted by molar-refractivity contribution is 6.31. The molecular weight excluding hydrogens is 488 g/mol. The Balaban J connectivity index is 1.72. The lowest BCUT2D eigenvalue weighted by atomic mass is 9.86. The fraction of sp³-hybridized carbons (Fsp3) is 0.381. The first kappa shape index (κ1) is 24.1. The van der Waals surface area contributed by atoms with Gasteiger partial charge in [-0.25, -0.2) is 14.8 Å². The molecule has 34 heavy (non-hydrogen) atoms. The number of fused-ring (bicyclic) bond motifs is 2. The third-order valence-electron chi connectivity index (χ3n) is 5.78. The number of urea groups is 1. The van der Waals surface area contributed by atoms with Gasteiger partial charge in [0.2, 0.25) is 0 Å². The van der Waals surface area contributed by atoms with Crippen molar-refractivity contribution in [3.63, 3.8) is 0 Å². The van der Waals surface area contributed by atoms with Crippen LogP contribution in [0.15, 0.2) is 51.5 Å². The van der Waals surface area contributed by atoms with Crippen LogP contribution >= 0.6 is 11.6 Å². The Bertz CT molecular complexity index is 1170. The van der Waals surface area contributed by atoms with E-state index in [9.17, 15) is 31.1 Å². The van der Waals surface area contributed by atoms with Crippen LogP contribution in [0.25, 0.3) is 0 Å². The van der Waals surface area contributed by atoms with Gasteiger partial charge in [-0.05, 0) is 37.6 Å². The van der Waals surface area contributed by atoms with Gasteiger partial charge in [0, 0.05) is 29.5 Å². The van der Waals surface area contributed by atoms with Gasteiger partial charge in [0.25, 0.3) is 0 Å². The average Bonchev–Trinajstić information content (AvgIpc) is 3.07. The number of aryl methyl sites for hydroxylation is 1. The number of pyridine rings is 1. The first-order chi connectivity index (χ1) is 15.7. The predicted molar refractivity (Wildman–Crippen MR) is 113 cm³/mol. The molecule has 1 aromatic heterocycles. The second-order valence-corrected chi connectivity index (χ2v) is 8.56. The van der Waals surface area contributed by atoms with Gasteiger partial charge in [-0.3, -0.25) is 4.90 Å². The molecule has 1 atom stereocenters. The van der Waals surface area contributed by atoms with E-state index in [1.165, 1.54) is 23.1 Å². The molecular formula is C21H18ClF6N5O. The Labute approximate surface area is 195 Å². The lowest BCUT2D eigenvalue weighted by Gasteiger charge is -2.38. The summed E-state index contributed by atoms with van der Waals surface area (Å²) in [5.41, 5.74) is -4.11. The molecule has 2 amide bonds. The summed E-state index contributed by atoms with van der Waals surface area (Å²) in [6.07, 6.45) is -5.28. The van der Waals surface area contributed by atoms with Gasteiger partial charge in [0.15, 0.2) is 0 Å². The lowest BCUT2D eigenvalue weighted by Crippen LogP contribution is -2.46.